The zero-order chi connectivity index (χ0) is 24.1. The van der Waals surface area contributed by atoms with Crippen molar-refractivity contribution in [2.45, 2.75) is 50.5 Å². The molecule has 0 aliphatic carbocycles. The molecule has 2 aromatic rings. The fraction of sp³-hybridized carbons (Fsp3) is 0.520. The Morgan fingerprint density at radius 1 is 1.15 bits per heavy atom. The summed E-state index contributed by atoms with van der Waals surface area (Å²) >= 11 is 1.79. The molecule has 0 spiro atoms. The number of aromatic nitrogens is 1. The molecule has 1 fully saturated rings. The lowest BCUT2D eigenvalue weighted by molar-refractivity contribution is -0.148. The smallest absolute Gasteiger partial charge is 0.348 e. The Kier molecular flexibility index (Phi) is 8.16. The number of halogens is 3. The molecule has 0 unspecified atom stereocenters. The summed E-state index contributed by atoms with van der Waals surface area (Å²) in [6.45, 7) is 5.06. The predicted molar refractivity (Wildman–Crippen MR) is 128 cm³/mol. The number of piperidine rings is 1. The molecule has 2 aliphatic rings. The van der Waals surface area contributed by atoms with Gasteiger partial charge in [-0.3, -0.25) is 19.6 Å². The molecule has 34 heavy (non-hydrogen) atoms. The third-order valence-corrected chi connectivity index (χ3v) is 7.30. The molecule has 0 saturated carbocycles. The summed E-state index contributed by atoms with van der Waals surface area (Å²) in [5.41, 5.74) is 3.65. The number of pyridine rings is 1. The minimum absolute atomic E-state index is 0.141. The zero-order valence-corrected chi connectivity index (χ0v) is 20.2. The van der Waals surface area contributed by atoms with Gasteiger partial charge in [0.25, 0.3) is 5.91 Å². The molecule has 9 heteroatoms. The summed E-state index contributed by atoms with van der Waals surface area (Å²) in [6, 6.07) is 10.1. The van der Waals surface area contributed by atoms with Gasteiger partial charge in [0, 0.05) is 37.3 Å². The highest BCUT2D eigenvalue weighted by molar-refractivity contribution is 7.99. The second-order valence-electron chi connectivity index (χ2n) is 9.09. The second kappa shape index (κ2) is 11.1. The molecule has 2 aliphatic heterocycles. The monoisotopic (exact) mass is 492 g/mol. The van der Waals surface area contributed by atoms with Crippen LogP contribution in [0.4, 0.5) is 13.2 Å². The number of benzene rings is 1. The van der Waals surface area contributed by atoms with Crippen LogP contribution in [0.3, 0.4) is 0 Å². The molecule has 1 aromatic carbocycles. The van der Waals surface area contributed by atoms with Crippen LogP contribution in [0.2, 0.25) is 0 Å². The van der Waals surface area contributed by atoms with E-state index in [1.165, 1.54) is 9.80 Å². The Balaban J connectivity index is 1.25. The average Bonchev–Trinajstić information content (AvgIpc) is 3.20. The van der Waals surface area contributed by atoms with Crippen molar-refractivity contribution < 1.29 is 18.0 Å². The van der Waals surface area contributed by atoms with Gasteiger partial charge in [-0.15, -0.1) is 11.8 Å². The van der Waals surface area contributed by atoms with Gasteiger partial charge in [0.2, 0.25) is 0 Å². The number of nitrogens with one attached hydrogen (secondary N) is 1. The van der Waals surface area contributed by atoms with Crippen LogP contribution in [0, 0.1) is 5.92 Å². The van der Waals surface area contributed by atoms with Gasteiger partial charge in [0.1, 0.15) is 0 Å². The summed E-state index contributed by atoms with van der Waals surface area (Å²) in [5, 5.41) is 2.97. The van der Waals surface area contributed by atoms with Gasteiger partial charge in [-0.25, -0.2) is 0 Å². The molecule has 1 aromatic heterocycles. The summed E-state index contributed by atoms with van der Waals surface area (Å²) in [4.78, 5) is 22.2. The quantitative estimate of drug-likeness (QED) is 0.541. The fourth-order valence-corrected chi connectivity index (χ4v) is 5.34. The summed E-state index contributed by atoms with van der Waals surface area (Å²) < 4.78 is 37.8. The molecule has 0 bridgehead atoms. The van der Waals surface area contributed by atoms with Crippen molar-refractivity contribution >= 4 is 17.7 Å². The molecule has 0 radical (unpaired) electrons. The first-order chi connectivity index (χ1) is 16.3. The minimum Gasteiger partial charge on any atom is -0.348 e. The first-order valence-corrected chi connectivity index (χ1v) is 12.8. The van der Waals surface area contributed by atoms with E-state index >= 15 is 0 Å². The molecular weight excluding hydrogens is 461 g/mol. The standard InChI is InChI=1S/C25H31F3N4OS/c1-2-34-22-5-3-18(4-6-22)12-30-24(33)20-11-21-15-32(16-23(21)29-13-20)14-19-7-9-31(10-8-19)17-25(26,27)28/h3-6,11,13,19H,2,7-10,12,14-17H2,1H3,(H,30,33). The van der Waals surface area contributed by atoms with Crippen molar-refractivity contribution in [3.8, 4) is 0 Å². The van der Waals surface area contributed by atoms with Crippen LogP contribution < -0.4 is 5.32 Å². The van der Waals surface area contributed by atoms with E-state index in [1.54, 1.807) is 18.0 Å². The number of fused-ring (bicyclic) bond motifs is 1. The lowest BCUT2D eigenvalue weighted by atomic mass is 9.96. The van der Waals surface area contributed by atoms with Crippen molar-refractivity contribution in [2.24, 2.45) is 5.92 Å². The summed E-state index contributed by atoms with van der Waals surface area (Å²) in [7, 11) is 0. The van der Waals surface area contributed by atoms with Gasteiger partial charge in [-0.2, -0.15) is 13.2 Å². The van der Waals surface area contributed by atoms with Crippen molar-refractivity contribution in [1.82, 2.24) is 20.1 Å². The highest BCUT2D eigenvalue weighted by atomic mass is 32.2. The van der Waals surface area contributed by atoms with Gasteiger partial charge in [-0.1, -0.05) is 19.1 Å². The number of alkyl halides is 3. The van der Waals surface area contributed by atoms with Gasteiger partial charge in [-0.05, 0) is 66.9 Å². The van der Waals surface area contributed by atoms with Gasteiger partial charge in [0.05, 0.1) is 17.8 Å². The molecular formula is C25H31F3N4OS. The first kappa shape index (κ1) is 25.0. The molecule has 1 N–H and O–H groups in total. The maximum atomic E-state index is 12.7. The van der Waals surface area contributed by atoms with E-state index in [0.29, 0.717) is 31.1 Å². The van der Waals surface area contributed by atoms with E-state index in [0.717, 1.165) is 55.0 Å². The van der Waals surface area contributed by atoms with Crippen LogP contribution in [0.25, 0.3) is 0 Å². The number of nitrogens with zero attached hydrogens (tertiary/aromatic N) is 3. The molecule has 1 amide bonds. The normalized spacial score (nSPS) is 17.6. The second-order valence-corrected chi connectivity index (χ2v) is 10.4. The van der Waals surface area contributed by atoms with Crippen LogP contribution in [-0.2, 0) is 19.6 Å². The number of hydrogen-bond acceptors (Lipinski definition) is 5. The van der Waals surface area contributed by atoms with Crippen LogP contribution in [0.1, 0.15) is 46.9 Å². The van der Waals surface area contributed by atoms with E-state index in [-0.39, 0.29) is 5.91 Å². The summed E-state index contributed by atoms with van der Waals surface area (Å²) in [6.07, 6.45) is -0.934. The highest BCUT2D eigenvalue weighted by Gasteiger charge is 2.33. The Bertz CT molecular complexity index is 975. The van der Waals surface area contributed by atoms with E-state index < -0.39 is 12.7 Å². The van der Waals surface area contributed by atoms with Crippen molar-refractivity contribution in [3.63, 3.8) is 0 Å². The number of thioether (sulfide) groups is 1. The molecule has 4 rings (SSSR count). The number of carbonyl (C=O) groups is 1. The van der Waals surface area contributed by atoms with E-state index in [1.807, 2.05) is 18.2 Å². The zero-order valence-electron chi connectivity index (χ0n) is 19.4. The van der Waals surface area contributed by atoms with Crippen molar-refractivity contribution in [1.29, 1.82) is 0 Å². The third kappa shape index (κ3) is 6.96. The van der Waals surface area contributed by atoms with E-state index in [2.05, 4.69) is 34.3 Å². The Morgan fingerprint density at radius 2 is 1.88 bits per heavy atom. The maximum Gasteiger partial charge on any atom is 0.401 e. The SMILES string of the molecule is CCSc1ccc(CNC(=O)c2cnc3c(c2)CN(CC2CCN(CC(F)(F)F)CC2)C3)cc1. The predicted octanol–water partition coefficient (Wildman–Crippen LogP) is 4.71. The number of likely N-dealkylation sites (tertiary alicyclic amines) is 1. The number of amides is 1. The van der Waals surface area contributed by atoms with E-state index in [4.69, 9.17) is 0 Å². The van der Waals surface area contributed by atoms with Crippen LogP contribution in [0.5, 0.6) is 0 Å². The van der Waals surface area contributed by atoms with Crippen LogP contribution in [0.15, 0.2) is 41.4 Å². The number of rotatable bonds is 8. The molecule has 1 saturated heterocycles. The van der Waals surface area contributed by atoms with E-state index in [9.17, 15) is 18.0 Å². The summed E-state index contributed by atoms with van der Waals surface area (Å²) in [5.74, 6) is 1.28. The maximum absolute atomic E-state index is 12.7. The third-order valence-electron chi connectivity index (χ3n) is 6.40. The Labute approximate surface area is 203 Å². The lowest BCUT2D eigenvalue weighted by Gasteiger charge is -2.34. The van der Waals surface area contributed by atoms with Crippen LogP contribution in [-0.4, -0.2) is 58.8 Å². The van der Waals surface area contributed by atoms with Crippen LogP contribution >= 0.6 is 11.8 Å². The first-order valence-electron chi connectivity index (χ1n) is 11.8. The van der Waals surface area contributed by atoms with Crippen molar-refractivity contribution in [3.05, 3.63) is 58.9 Å². The van der Waals surface area contributed by atoms with Gasteiger partial charge >= 0.3 is 6.18 Å². The van der Waals surface area contributed by atoms with Gasteiger partial charge in [0.15, 0.2) is 0 Å². The molecule has 3 heterocycles. The average molecular weight is 493 g/mol. The fourth-order valence-electron chi connectivity index (χ4n) is 4.68. The van der Waals surface area contributed by atoms with Gasteiger partial charge < -0.3 is 5.32 Å². The topological polar surface area (TPSA) is 48.5 Å². The largest absolute Gasteiger partial charge is 0.401 e. The molecule has 184 valence electrons. The minimum atomic E-state index is -4.13. The lowest BCUT2D eigenvalue weighted by Crippen LogP contribution is -2.42. The molecule has 0 atom stereocenters. The number of carbonyl (C=O) groups excluding carboxylic acids is 1. The highest BCUT2D eigenvalue weighted by Crippen LogP contribution is 2.27. The Hall–Kier alpha value is -2.10. The molecule has 5 nitrogen and oxygen atoms in total. The van der Waals surface area contributed by atoms with Crippen molar-refractivity contribution in [2.75, 3.05) is 31.9 Å². The Morgan fingerprint density at radius 3 is 2.56 bits per heavy atom. The number of hydrogen-bond donors (Lipinski definition) is 1.